The van der Waals surface area contributed by atoms with Gasteiger partial charge in [-0.05, 0) is 37.5 Å². The highest BCUT2D eigenvalue weighted by Crippen LogP contribution is 2.34. The third-order valence-electron chi connectivity index (χ3n) is 4.39. The predicted molar refractivity (Wildman–Crippen MR) is 85.1 cm³/mol. The molecule has 0 radical (unpaired) electrons. The molecule has 5 heteroatoms. The molecule has 1 rings (SSSR count). The van der Waals surface area contributed by atoms with Crippen molar-refractivity contribution in [3.63, 3.8) is 0 Å². The topological polar surface area (TPSA) is 52.7 Å². The molecule has 0 unspecified atom stereocenters. The van der Waals surface area contributed by atoms with Crippen molar-refractivity contribution in [1.82, 2.24) is 15.1 Å². The van der Waals surface area contributed by atoms with Gasteiger partial charge in [0.05, 0.1) is 0 Å². The quantitative estimate of drug-likeness (QED) is 0.850. The zero-order valence-electron chi connectivity index (χ0n) is 14.4. The van der Waals surface area contributed by atoms with Crippen molar-refractivity contribution in [2.75, 3.05) is 27.2 Å². The van der Waals surface area contributed by atoms with E-state index in [4.69, 9.17) is 0 Å². The summed E-state index contributed by atoms with van der Waals surface area (Å²) >= 11 is 0. The molecule has 2 atom stereocenters. The Morgan fingerprint density at radius 3 is 2.33 bits per heavy atom. The van der Waals surface area contributed by atoms with Gasteiger partial charge in [0.25, 0.3) is 0 Å². The third kappa shape index (κ3) is 5.21. The monoisotopic (exact) mass is 297 g/mol. The Bertz CT molecular complexity index is 374. The maximum atomic E-state index is 12.3. The van der Waals surface area contributed by atoms with Gasteiger partial charge in [0.15, 0.2) is 0 Å². The summed E-state index contributed by atoms with van der Waals surface area (Å²) in [6.07, 6.45) is 3.23. The lowest BCUT2D eigenvalue weighted by Gasteiger charge is -2.30. The maximum absolute atomic E-state index is 12.3. The number of rotatable bonds is 2. The average molecular weight is 297 g/mol. The van der Waals surface area contributed by atoms with Crippen molar-refractivity contribution >= 4 is 11.9 Å². The molecule has 0 saturated carbocycles. The fraction of sp³-hybridized carbons (Fsp3) is 0.875. The number of nitrogens with zero attached hydrogens (tertiary/aromatic N) is 2. The van der Waals surface area contributed by atoms with Crippen LogP contribution in [0.25, 0.3) is 0 Å². The normalized spacial score (nSPS) is 21.4. The standard InChI is InChI=1S/C16H31N3O2/c1-12(14(20)18(5)6)17-15(21)19-10-7-8-13(9-11-19)16(2,3)4/h12-13H,7-11H2,1-6H3,(H,17,21)/t12-,13+/m0/s1. The predicted octanol–water partition coefficient (Wildman–Crippen LogP) is 2.32. The minimum Gasteiger partial charge on any atom is -0.347 e. The van der Waals surface area contributed by atoms with Crippen molar-refractivity contribution < 1.29 is 9.59 Å². The number of hydrogen-bond acceptors (Lipinski definition) is 2. The lowest BCUT2D eigenvalue weighted by Crippen LogP contribution is -2.49. The van der Waals surface area contributed by atoms with Crippen LogP contribution in [-0.4, -0.2) is 55.0 Å². The number of likely N-dealkylation sites (N-methyl/N-ethyl adjacent to an activating group) is 1. The maximum Gasteiger partial charge on any atom is 0.318 e. The van der Waals surface area contributed by atoms with Crippen LogP contribution in [0, 0.1) is 11.3 Å². The van der Waals surface area contributed by atoms with E-state index in [-0.39, 0.29) is 11.9 Å². The van der Waals surface area contributed by atoms with Gasteiger partial charge in [-0.2, -0.15) is 0 Å². The molecule has 1 saturated heterocycles. The van der Waals surface area contributed by atoms with Crippen LogP contribution < -0.4 is 5.32 Å². The zero-order valence-corrected chi connectivity index (χ0v) is 14.4. The number of amides is 3. The Kier molecular flexibility index (Phi) is 6.05. The van der Waals surface area contributed by atoms with Crippen molar-refractivity contribution in [1.29, 1.82) is 0 Å². The summed E-state index contributed by atoms with van der Waals surface area (Å²) in [5.74, 6) is 0.571. The van der Waals surface area contributed by atoms with Crippen molar-refractivity contribution in [2.24, 2.45) is 11.3 Å². The number of likely N-dealkylation sites (tertiary alicyclic amines) is 1. The molecule has 0 aromatic heterocycles. The summed E-state index contributed by atoms with van der Waals surface area (Å²) in [5.41, 5.74) is 0.292. The van der Waals surface area contributed by atoms with Crippen LogP contribution in [0.3, 0.4) is 0 Å². The van der Waals surface area contributed by atoms with Crippen molar-refractivity contribution in [3.05, 3.63) is 0 Å². The van der Waals surface area contributed by atoms with E-state index in [2.05, 4.69) is 26.1 Å². The van der Waals surface area contributed by atoms with Crippen LogP contribution in [-0.2, 0) is 4.79 Å². The summed E-state index contributed by atoms with van der Waals surface area (Å²) in [6.45, 7) is 10.1. The largest absolute Gasteiger partial charge is 0.347 e. The van der Waals surface area contributed by atoms with E-state index in [9.17, 15) is 9.59 Å². The molecule has 3 amide bonds. The Morgan fingerprint density at radius 2 is 1.81 bits per heavy atom. The molecule has 1 heterocycles. The Morgan fingerprint density at radius 1 is 1.19 bits per heavy atom. The van der Waals surface area contributed by atoms with Gasteiger partial charge in [0.1, 0.15) is 6.04 Å². The van der Waals surface area contributed by atoms with Gasteiger partial charge < -0.3 is 15.1 Å². The smallest absolute Gasteiger partial charge is 0.318 e. The second-order valence-corrected chi connectivity index (χ2v) is 7.38. The van der Waals surface area contributed by atoms with Gasteiger partial charge >= 0.3 is 6.03 Å². The van der Waals surface area contributed by atoms with E-state index in [1.165, 1.54) is 11.3 Å². The number of urea groups is 1. The lowest BCUT2D eigenvalue weighted by atomic mass is 9.77. The second-order valence-electron chi connectivity index (χ2n) is 7.38. The van der Waals surface area contributed by atoms with E-state index in [1.54, 1.807) is 21.0 Å². The van der Waals surface area contributed by atoms with E-state index < -0.39 is 6.04 Å². The fourth-order valence-corrected chi connectivity index (χ4v) is 2.89. The van der Waals surface area contributed by atoms with Gasteiger partial charge in [-0.1, -0.05) is 20.8 Å². The van der Waals surface area contributed by atoms with Gasteiger partial charge in [0, 0.05) is 27.2 Å². The molecular formula is C16H31N3O2. The minimum atomic E-state index is -0.478. The summed E-state index contributed by atoms with van der Waals surface area (Å²) in [6, 6.07) is -0.596. The molecule has 1 aliphatic heterocycles. The van der Waals surface area contributed by atoms with Gasteiger partial charge in [-0.3, -0.25) is 4.79 Å². The number of carbonyl (C=O) groups excluding carboxylic acids is 2. The summed E-state index contributed by atoms with van der Waals surface area (Å²) < 4.78 is 0. The number of hydrogen-bond donors (Lipinski definition) is 1. The summed E-state index contributed by atoms with van der Waals surface area (Å²) in [4.78, 5) is 27.4. The molecular weight excluding hydrogens is 266 g/mol. The molecule has 21 heavy (non-hydrogen) atoms. The molecule has 0 bridgehead atoms. The molecule has 0 aromatic carbocycles. The van der Waals surface area contributed by atoms with E-state index in [0.29, 0.717) is 11.3 Å². The molecule has 5 nitrogen and oxygen atoms in total. The minimum absolute atomic E-state index is 0.0780. The lowest BCUT2D eigenvalue weighted by molar-refractivity contribution is -0.130. The van der Waals surface area contributed by atoms with Gasteiger partial charge in [0.2, 0.25) is 5.91 Å². The Labute approximate surface area is 129 Å². The van der Waals surface area contributed by atoms with Gasteiger partial charge in [-0.25, -0.2) is 4.79 Å². The highest BCUT2D eigenvalue weighted by atomic mass is 16.2. The summed E-state index contributed by atoms with van der Waals surface area (Å²) in [7, 11) is 3.40. The van der Waals surface area contributed by atoms with Crippen LogP contribution in [0.2, 0.25) is 0 Å². The molecule has 0 spiro atoms. The highest BCUT2D eigenvalue weighted by molar-refractivity contribution is 5.86. The van der Waals surface area contributed by atoms with E-state index in [0.717, 1.165) is 25.9 Å². The second kappa shape index (κ2) is 7.14. The first-order chi connectivity index (χ1) is 9.62. The van der Waals surface area contributed by atoms with E-state index >= 15 is 0 Å². The third-order valence-corrected chi connectivity index (χ3v) is 4.39. The van der Waals surface area contributed by atoms with Crippen LogP contribution in [0.15, 0.2) is 0 Å². The first-order valence-electron chi connectivity index (χ1n) is 7.89. The fourth-order valence-electron chi connectivity index (χ4n) is 2.89. The Hall–Kier alpha value is -1.26. The van der Waals surface area contributed by atoms with Crippen LogP contribution >= 0.6 is 0 Å². The van der Waals surface area contributed by atoms with E-state index in [1.807, 2.05) is 4.90 Å². The van der Waals surface area contributed by atoms with Crippen LogP contribution in [0.1, 0.15) is 47.0 Å². The Balaban J connectivity index is 2.54. The average Bonchev–Trinajstić information content (AvgIpc) is 2.62. The number of nitrogens with one attached hydrogen (secondary N) is 1. The number of carbonyl (C=O) groups is 2. The first-order valence-corrected chi connectivity index (χ1v) is 7.89. The summed E-state index contributed by atoms with van der Waals surface area (Å²) in [5, 5.41) is 2.81. The first kappa shape index (κ1) is 17.8. The van der Waals surface area contributed by atoms with Crippen molar-refractivity contribution in [2.45, 2.75) is 53.0 Å². The van der Waals surface area contributed by atoms with Crippen molar-refractivity contribution in [3.8, 4) is 0 Å². The molecule has 122 valence electrons. The van der Waals surface area contributed by atoms with Crippen LogP contribution in [0.5, 0.6) is 0 Å². The molecule has 1 fully saturated rings. The van der Waals surface area contributed by atoms with Gasteiger partial charge in [-0.15, -0.1) is 0 Å². The molecule has 1 N–H and O–H groups in total. The molecule has 0 aromatic rings. The molecule has 0 aliphatic carbocycles. The highest BCUT2D eigenvalue weighted by Gasteiger charge is 2.29. The van der Waals surface area contributed by atoms with Crippen LogP contribution in [0.4, 0.5) is 4.79 Å². The zero-order chi connectivity index (χ0) is 16.2. The SMILES string of the molecule is C[C@H](NC(=O)N1CCC[C@@H](C(C)(C)C)CC1)C(=O)N(C)C. The molecule has 1 aliphatic rings.